The Morgan fingerprint density at radius 1 is 1.42 bits per heavy atom. The number of halogens is 1. The molecule has 3 heterocycles. The van der Waals surface area contributed by atoms with E-state index in [0.29, 0.717) is 24.4 Å². The molecule has 0 bridgehead atoms. The highest BCUT2D eigenvalue weighted by Crippen LogP contribution is 2.57. The molecular weight excluding hydrogens is 308 g/mol. The summed E-state index contributed by atoms with van der Waals surface area (Å²) >= 11 is 3.52. The fourth-order valence-electron chi connectivity index (χ4n) is 3.15. The van der Waals surface area contributed by atoms with Crippen molar-refractivity contribution < 1.29 is 9.47 Å². The molecule has 4 rings (SSSR count). The first kappa shape index (κ1) is 11.7. The van der Waals surface area contributed by atoms with Crippen LogP contribution >= 0.6 is 15.9 Å². The number of rotatable bonds is 3. The Morgan fingerprint density at radius 2 is 2.21 bits per heavy atom. The molecule has 0 amide bonds. The van der Waals surface area contributed by atoms with Gasteiger partial charge in [0.25, 0.3) is 0 Å². The predicted octanol–water partition coefficient (Wildman–Crippen LogP) is 2.86. The van der Waals surface area contributed by atoms with Crippen LogP contribution in [0.5, 0.6) is 5.75 Å². The third-order valence-electron chi connectivity index (χ3n) is 4.10. The lowest BCUT2D eigenvalue weighted by atomic mass is 10.2. The maximum Gasteiger partial charge on any atom is 0.180 e. The molecule has 0 radical (unpaired) electrons. The highest BCUT2D eigenvalue weighted by molar-refractivity contribution is 9.10. The van der Waals surface area contributed by atoms with Gasteiger partial charge in [-0.05, 0) is 40.8 Å². The van der Waals surface area contributed by atoms with Crippen LogP contribution in [-0.4, -0.2) is 29.2 Å². The molecule has 2 fully saturated rings. The van der Waals surface area contributed by atoms with Crippen molar-refractivity contribution in [3.63, 3.8) is 0 Å². The molecule has 0 spiro atoms. The number of fused-ring (bicyclic) bond motifs is 2. The molecule has 1 saturated heterocycles. The summed E-state index contributed by atoms with van der Waals surface area (Å²) in [6.45, 7) is 4.43. The second kappa shape index (κ2) is 4.21. The van der Waals surface area contributed by atoms with Crippen LogP contribution in [0.25, 0.3) is 5.65 Å². The first-order valence-corrected chi connectivity index (χ1v) is 7.46. The van der Waals surface area contributed by atoms with Crippen LogP contribution in [0.1, 0.15) is 18.5 Å². The van der Waals surface area contributed by atoms with Gasteiger partial charge in [-0.25, -0.2) is 4.98 Å². The van der Waals surface area contributed by atoms with Crippen LogP contribution in [0.2, 0.25) is 0 Å². The van der Waals surface area contributed by atoms with Crippen molar-refractivity contribution in [1.82, 2.24) is 9.38 Å². The Kier molecular flexibility index (Phi) is 2.60. The van der Waals surface area contributed by atoms with Gasteiger partial charge < -0.3 is 13.9 Å². The van der Waals surface area contributed by atoms with E-state index in [4.69, 9.17) is 14.5 Å². The van der Waals surface area contributed by atoms with Crippen molar-refractivity contribution in [3.8, 4) is 5.75 Å². The Labute approximate surface area is 119 Å². The van der Waals surface area contributed by atoms with E-state index in [2.05, 4.69) is 26.5 Å². The van der Waals surface area contributed by atoms with Crippen LogP contribution in [-0.2, 0) is 4.74 Å². The van der Waals surface area contributed by atoms with Crippen molar-refractivity contribution in [3.05, 3.63) is 28.6 Å². The van der Waals surface area contributed by atoms with E-state index in [1.54, 1.807) is 0 Å². The van der Waals surface area contributed by atoms with Gasteiger partial charge >= 0.3 is 0 Å². The molecule has 19 heavy (non-hydrogen) atoms. The zero-order valence-corrected chi connectivity index (χ0v) is 12.3. The summed E-state index contributed by atoms with van der Waals surface area (Å²) in [6.07, 6.45) is 4.16. The number of nitrogens with zero attached hydrogens (tertiary/aromatic N) is 2. The summed E-state index contributed by atoms with van der Waals surface area (Å²) in [5, 5.41) is 0. The number of hydrogen-bond acceptors (Lipinski definition) is 3. The molecule has 1 unspecified atom stereocenters. The van der Waals surface area contributed by atoms with Gasteiger partial charge in [0.2, 0.25) is 0 Å². The molecule has 2 aromatic rings. The van der Waals surface area contributed by atoms with E-state index in [1.807, 2.05) is 19.2 Å². The molecule has 5 heteroatoms. The normalized spacial score (nSPS) is 28.6. The standard InChI is InChI=1S/C14H15BrN2O2/c1-2-19-12-3-8(15)4-17-5-11(16-14(12)17)13-9-6-18-7-10(9)13/h3-5,9-10,13H,2,6-7H2,1H3/t9-,10+,13?. The Hall–Kier alpha value is -1.07. The minimum absolute atomic E-state index is 0.585. The molecule has 4 nitrogen and oxygen atoms in total. The van der Waals surface area contributed by atoms with Crippen molar-refractivity contribution in [1.29, 1.82) is 0 Å². The van der Waals surface area contributed by atoms with Gasteiger partial charge in [-0.1, -0.05) is 0 Å². The van der Waals surface area contributed by atoms with Gasteiger partial charge in [0, 0.05) is 22.8 Å². The number of pyridine rings is 1. The third-order valence-corrected chi connectivity index (χ3v) is 4.53. The molecular formula is C14H15BrN2O2. The second-order valence-electron chi connectivity index (χ2n) is 5.24. The van der Waals surface area contributed by atoms with Crippen molar-refractivity contribution >= 4 is 21.6 Å². The second-order valence-corrected chi connectivity index (χ2v) is 6.16. The van der Waals surface area contributed by atoms with E-state index < -0.39 is 0 Å². The highest BCUT2D eigenvalue weighted by atomic mass is 79.9. The minimum Gasteiger partial charge on any atom is -0.490 e. The summed E-state index contributed by atoms with van der Waals surface area (Å²) in [7, 11) is 0. The molecule has 3 atom stereocenters. The molecule has 1 aliphatic carbocycles. The Morgan fingerprint density at radius 3 is 2.95 bits per heavy atom. The Bertz CT molecular complexity index is 630. The molecule has 1 aliphatic heterocycles. The van der Waals surface area contributed by atoms with Crippen LogP contribution in [0.4, 0.5) is 0 Å². The van der Waals surface area contributed by atoms with E-state index in [-0.39, 0.29) is 0 Å². The highest BCUT2D eigenvalue weighted by Gasteiger charge is 2.55. The number of aromatic nitrogens is 2. The van der Waals surface area contributed by atoms with Crippen LogP contribution in [0, 0.1) is 11.8 Å². The van der Waals surface area contributed by atoms with Crippen molar-refractivity contribution in [2.75, 3.05) is 19.8 Å². The molecule has 100 valence electrons. The largest absolute Gasteiger partial charge is 0.490 e. The molecule has 0 N–H and O–H groups in total. The zero-order chi connectivity index (χ0) is 13.0. The van der Waals surface area contributed by atoms with E-state index in [0.717, 1.165) is 29.1 Å². The summed E-state index contributed by atoms with van der Waals surface area (Å²) in [5.41, 5.74) is 2.09. The fourth-order valence-corrected chi connectivity index (χ4v) is 3.58. The smallest absolute Gasteiger partial charge is 0.180 e. The summed E-state index contributed by atoms with van der Waals surface area (Å²) in [5.74, 6) is 2.79. The Balaban J connectivity index is 1.76. The predicted molar refractivity (Wildman–Crippen MR) is 74.6 cm³/mol. The molecule has 2 aliphatic rings. The van der Waals surface area contributed by atoms with E-state index >= 15 is 0 Å². The average molecular weight is 323 g/mol. The topological polar surface area (TPSA) is 35.8 Å². The lowest BCUT2D eigenvalue weighted by Crippen LogP contribution is -1.97. The quantitative estimate of drug-likeness (QED) is 0.871. The number of hydrogen-bond donors (Lipinski definition) is 0. The van der Waals surface area contributed by atoms with Crippen molar-refractivity contribution in [2.45, 2.75) is 12.8 Å². The molecule has 0 aromatic carbocycles. The van der Waals surface area contributed by atoms with Gasteiger partial charge in [-0.15, -0.1) is 0 Å². The first-order valence-electron chi connectivity index (χ1n) is 6.66. The SMILES string of the molecule is CCOc1cc(Br)cn2cc(C3[C@H]4COC[C@@H]34)nc12. The minimum atomic E-state index is 0.585. The summed E-state index contributed by atoms with van der Waals surface area (Å²) in [4.78, 5) is 4.78. The van der Waals surface area contributed by atoms with Crippen LogP contribution in [0.3, 0.4) is 0 Å². The lowest BCUT2D eigenvalue weighted by Gasteiger charge is -2.05. The lowest BCUT2D eigenvalue weighted by molar-refractivity contribution is 0.160. The third kappa shape index (κ3) is 1.79. The van der Waals surface area contributed by atoms with E-state index in [1.165, 1.54) is 5.69 Å². The van der Waals surface area contributed by atoms with Gasteiger partial charge in [0.15, 0.2) is 11.4 Å². The van der Waals surface area contributed by atoms with Gasteiger partial charge in [0.05, 0.1) is 25.5 Å². The van der Waals surface area contributed by atoms with Crippen LogP contribution < -0.4 is 4.74 Å². The monoisotopic (exact) mass is 322 g/mol. The van der Waals surface area contributed by atoms with Gasteiger partial charge in [-0.3, -0.25) is 0 Å². The molecule has 1 saturated carbocycles. The number of ether oxygens (including phenoxy) is 2. The summed E-state index contributed by atoms with van der Waals surface area (Å²) in [6, 6.07) is 1.98. The summed E-state index contributed by atoms with van der Waals surface area (Å²) < 4.78 is 14.2. The van der Waals surface area contributed by atoms with E-state index in [9.17, 15) is 0 Å². The maximum atomic E-state index is 5.67. The number of imidazole rings is 1. The first-order chi connectivity index (χ1) is 9.28. The van der Waals surface area contributed by atoms with Gasteiger partial charge in [-0.2, -0.15) is 0 Å². The fraction of sp³-hybridized carbons (Fsp3) is 0.500. The van der Waals surface area contributed by atoms with Crippen molar-refractivity contribution in [2.24, 2.45) is 11.8 Å². The van der Waals surface area contributed by atoms with Crippen LogP contribution in [0.15, 0.2) is 22.9 Å². The maximum absolute atomic E-state index is 5.67. The zero-order valence-electron chi connectivity index (χ0n) is 10.7. The average Bonchev–Trinajstić information content (AvgIpc) is 2.79. The van der Waals surface area contributed by atoms with Gasteiger partial charge in [0.1, 0.15) is 0 Å². The molecule has 2 aromatic heterocycles.